The summed E-state index contributed by atoms with van der Waals surface area (Å²) in [4.78, 5) is 15.8. The van der Waals surface area contributed by atoms with Gasteiger partial charge in [0.25, 0.3) is 15.9 Å². The molecular formula is C23H21N3O4S2. The number of amides is 1. The van der Waals surface area contributed by atoms with E-state index in [2.05, 4.69) is 5.16 Å². The number of aromatic nitrogens is 1. The Morgan fingerprint density at radius 2 is 1.75 bits per heavy atom. The Kier molecular flexibility index (Phi) is 5.32. The summed E-state index contributed by atoms with van der Waals surface area (Å²) in [5, 5.41) is 4.88. The Morgan fingerprint density at radius 1 is 1.00 bits per heavy atom. The summed E-state index contributed by atoms with van der Waals surface area (Å²) in [7, 11) is -3.52. The van der Waals surface area contributed by atoms with Crippen molar-refractivity contribution >= 4 is 38.2 Å². The van der Waals surface area contributed by atoms with E-state index in [1.807, 2.05) is 43.3 Å². The van der Waals surface area contributed by atoms with Gasteiger partial charge >= 0.3 is 0 Å². The molecule has 0 atom stereocenters. The highest BCUT2D eigenvalue weighted by molar-refractivity contribution is 7.91. The van der Waals surface area contributed by atoms with Crippen LogP contribution in [0.3, 0.4) is 0 Å². The number of carbonyl (C=O) groups excluding carboxylic acids is 1. The van der Waals surface area contributed by atoms with Crippen LogP contribution in [0.5, 0.6) is 0 Å². The van der Waals surface area contributed by atoms with E-state index < -0.39 is 10.0 Å². The Labute approximate surface area is 189 Å². The smallest absolute Gasteiger partial charge is 0.253 e. The van der Waals surface area contributed by atoms with E-state index in [4.69, 9.17) is 4.52 Å². The van der Waals surface area contributed by atoms with Crippen molar-refractivity contribution in [3.8, 4) is 11.3 Å². The van der Waals surface area contributed by atoms with E-state index in [9.17, 15) is 13.2 Å². The van der Waals surface area contributed by atoms with Crippen LogP contribution >= 0.6 is 11.3 Å². The predicted octanol–water partition coefficient (Wildman–Crippen LogP) is 4.01. The van der Waals surface area contributed by atoms with Crippen LogP contribution in [0.2, 0.25) is 0 Å². The summed E-state index contributed by atoms with van der Waals surface area (Å²) in [6.07, 6.45) is 0. The number of thiophene rings is 1. The third-order valence-electron chi connectivity index (χ3n) is 5.60. The third kappa shape index (κ3) is 3.72. The molecule has 7 nitrogen and oxygen atoms in total. The van der Waals surface area contributed by atoms with Crippen molar-refractivity contribution in [2.75, 3.05) is 26.2 Å². The van der Waals surface area contributed by atoms with Crippen LogP contribution < -0.4 is 0 Å². The number of fused-ring (bicyclic) bond motifs is 1. The second-order valence-corrected chi connectivity index (χ2v) is 11.1. The number of aryl methyl sites for hydroxylation is 1. The highest BCUT2D eigenvalue weighted by Gasteiger charge is 2.31. The first kappa shape index (κ1) is 20.9. The number of sulfonamides is 1. The van der Waals surface area contributed by atoms with E-state index in [0.717, 1.165) is 15.8 Å². The fraction of sp³-hybridized carbons (Fsp3) is 0.217. The van der Waals surface area contributed by atoms with Crippen LogP contribution in [0, 0.1) is 6.92 Å². The second kappa shape index (κ2) is 8.16. The molecule has 2 aromatic carbocycles. The number of nitrogens with zero attached hydrogens (tertiary/aromatic N) is 3. The van der Waals surface area contributed by atoms with Crippen molar-refractivity contribution in [1.29, 1.82) is 0 Å². The van der Waals surface area contributed by atoms with Gasteiger partial charge in [-0.05, 0) is 37.3 Å². The van der Waals surface area contributed by atoms with Crippen LogP contribution in [0.4, 0.5) is 0 Å². The van der Waals surface area contributed by atoms with Crippen LogP contribution in [0.25, 0.3) is 22.2 Å². The Hall–Kier alpha value is -3.01. The molecule has 1 amide bonds. The molecule has 4 aromatic rings. The maximum absolute atomic E-state index is 13.2. The minimum absolute atomic E-state index is 0.129. The molecule has 0 N–H and O–H groups in total. The van der Waals surface area contributed by atoms with Gasteiger partial charge in [-0.2, -0.15) is 4.31 Å². The lowest BCUT2D eigenvalue weighted by Gasteiger charge is -2.33. The van der Waals surface area contributed by atoms with Crippen LogP contribution in [0.1, 0.15) is 15.2 Å². The Bertz CT molecular complexity index is 1390. The topological polar surface area (TPSA) is 83.7 Å². The largest absolute Gasteiger partial charge is 0.355 e. The molecule has 0 saturated carbocycles. The minimum Gasteiger partial charge on any atom is -0.355 e. The van der Waals surface area contributed by atoms with Gasteiger partial charge in [0.05, 0.1) is 5.39 Å². The molecule has 0 aliphatic carbocycles. The average Bonchev–Trinajstić information content (AvgIpc) is 3.45. The molecule has 5 rings (SSSR count). The SMILES string of the molecule is Cc1ccc(S(=O)(=O)N2CCN(C(=O)c3ccc4noc(-c5ccccc5)c4c3)CC2)s1. The minimum atomic E-state index is -3.52. The van der Waals surface area contributed by atoms with E-state index >= 15 is 0 Å². The molecular weight excluding hydrogens is 446 g/mol. The van der Waals surface area contributed by atoms with Gasteiger partial charge in [0.1, 0.15) is 9.73 Å². The molecule has 0 spiro atoms. The number of rotatable bonds is 4. The molecule has 0 bridgehead atoms. The van der Waals surface area contributed by atoms with Gasteiger partial charge in [-0.15, -0.1) is 11.3 Å². The molecule has 1 saturated heterocycles. The number of hydrogen-bond acceptors (Lipinski definition) is 6. The first-order valence-corrected chi connectivity index (χ1v) is 12.5. The predicted molar refractivity (Wildman–Crippen MR) is 123 cm³/mol. The van der Waals surface area contributed by atoms with Gasteiger partial charge in [0.2, 0.25) is 0 Å². The maximum atomic E-state index is 13.2. The zero-order valence-corrected chi connectivity index (χ0v) is 19.0. The van der Waals surface area contributed by atoms with E-state index in [1.165, 1.54) is 15.6 Å². The second-order valence-electron chi connectivity index (χ2n) is 7.67. The van der Waals surface area contributed by atoms with Crippen molar-refractivity contribution in [3.63, 3.8) is 0 Å². The lowest BCUT2D eigenvalue weighted by molar-refractivity contribution is 0.0698. The molecule has 32 heavy (non-hydrogen) atoms. The number of carbonyl (C=O) groups is 1. The molecule has 3 heterocycles. The first-order valence-electron chi connectivity index (χ1n) is 10.2. The van der Waals surface area contributed by atoms with E-state index in [-0.39, 0.29) is 19.0 Å². The fourth-order valence-corrected chi connectivity index (χ4v) is 6.72. The number of benzene rings is 2. The zero-order valence-electron chi connectivity index (χ0n) is 17.4. The van der Waals surface area contributed by atoms with Gasteiger partial charge in [-0.3, -0.25) is 4.79 Å². The fourth-order valence-electron chi connectivity index (χ4n) is 3.86. The van der Waals surface area contributed by atoms with E-state index in [0.29, 0.717) is 34.1 Å². The number of piperazine rings is 1. The van der Waals surface area contributed by atoms with Crippen LogP contribution in [-0.4, -0.2) is 54.9 Å². The van der Waals surface area contributed by atoms with Gasteiger partial charge < -0.3 is 9.42 Å². The van der Waals surface area contributed by atoms with Gasteiger partial charge in [-0.1, -0.05) is 35.5 Å². The van der Waals surface area contributed by atoms with Crippen molar-refractivity contribution in [2.45, 2.75) is 11.1 Å². The monoisotopic (exact) mass is 467 g/mol. The molecule has 1 aliphatic heterocycles. The first-order chi connectivity index (χ1) is 15.4. The maximum Gasteiger partial charge on any atom is 0.253 e. The third-order valence-corrected chi connectivity index (χ3v) is 8.96. The van der Waals surface area contributed by atoms with Crippen molar-refractivity contribution in [1.82, 2.24) is 14.4 Å². The van der Waals surface area contributed by atoms with Crippen molar-refractivity contribution in [3.05, 3.63) is 71.1 Å². The zero-order chi connectivity index (χ0) is 22.3. The lowest BCUT2D eigenvalue weighted by Crippen LogP contribution is -2.50. The molecule has 1 aliphatic rings. The summed E-state index contributed by atoms with van der Waals surface area (Å²) in [6.45, 7) is 3.12. The summed E-state index contributed by atoms with van der Waals surface area (Å²) in [5.41, 5.74) is 2.10. The quantitative estimate of drug-likeness (QED) is 0.453. The molecule has 9 heteroatoms. The van der Waals surface area contributed by atoms with Crippen LogP contribution in [-0.2, 0) is 10.0 Å². The van der Waals surface area contributed by atoms with E-state index in [1.54, 1.807) is 29.2 Å². The average molecular weight is 468 g/mol. The summed E-state index contributed by atoms with van der Waals surface area (Å²) >= 11 is 1.27. The highest BCUT2D eigenvalue weighted by Crippen LogP contribution is 2.30. The highest BCUT2D eigenvalue weighted by atomic mass is 32.2. The Balaban J connectivity index is 1.34. The molecule has 164 valence electrons. The van der Waals surface area contributed by atoms with Gasteiger partial charge in [0, 0.05) is 42.2 Å². The summed E-state index contributed by atoms with van der Waals surface area (Å²) in [5.74, 6) is 0.494. The van der Waals surface area contributed by atoms with Crippen molar-refractivity contribution < 1.29 is 17.7 Å². The van der Waals surface area contributed by atoms with Crippen LogP contribution in [0.15, 0.2) is 69.4 Å². The standard InChI is InChI=1S/C23H21N3O4S2/c1-16-7-10-21(31-16)32(28,29)26-13-11-25(12-14-26)23(27)18-8-9-20-19(15-18)22(30-24-20)17-5-3-2-4-6-17/h2-10,15H,11-14H2,1H3. The Morgan fingerprint density at radius 3 is 2.44 bits per heavy atom. The number of hydrogen-bond donors (Lipinski definition) is 0. The summed E-state index contributed by atoms with van der Waals surface area (Å²) in [6, 6.07) is 18.4. The van der Waals surface area contributed by atoms with Crippen molar-refractivity contribution in [2.24, 2.45) is 0 Å². The molecule has 2 aromatic heterocycles. The molecule has 1 fully saturated rings. The molecule has 0 radical (unpaired) electrons. The lowest BCUT2D eigenvalue weighted by atomic mass is 10.1. The normalized spacial score (nSPS) is 15.3. The molecule has 0 unspecified atom stereocenters. The summed E-state index contributed by atoms with van der Waals surface area (Å²) < 4.78 is 33.0. The van der Waals surface area contributed by atoms with Gasteiger partial charge in [0.15, 0.2) is 5.76 Å². The van der Waals surface area contributed by atoms with Gasteiger partial charge in [-0.25, -0.2) is 8.42 Å².